The Hall–Kier alpha value is -1.65. The predicted molar refractivity (Wildman–Crippen MR) is 44.7 cm³/mol. The summed E-state index contributed by atoms with van der Waals surface area (Å²) in [4.78, 5) is 18.9. The maximum absolute atomic E-state index is 11.2. The molecule has 62 valence electrons. The first-order chi connectivity index (χ1) is 5.77. The molecule has 2 aliphatic heterocycles. The Bertz CT molecular complexity index is 305. The second-order valence-corrected chi connectivity index (χ2v) is 2.63. The smallest absolute Gasteiger partial charge is 0.261 e. The van der Waals surface area contributed by atoms with Crippen molar-refractivity contribution in [3.63, 3.8) is 0 Å². The first kappa shape index (κ1) is 7.02. The zero-order valence-corrected chi connectivity index (χ0v) is 6.64. The second-order valence-electron chi connectivity index (χ2n) is 2.63. The summed E-state index contributed by atoms with van der Waals surface area (Å²) >= 11 is 0. The van der Waals surface area contributed by atoms with Crippen molar-refractivity contribution in [1.29, 1.82) is 0 Å². The van der Waals surface area contributed by atoms with E-state index in [0.717, 1.165) is 5.71 Å². The van der Waals surface area contributed by atoms with Crippen molar-refractivity contribution in [3.05, 3.63) is 12.4 Å². The Balaban J connectivity index is 2.32. The topological polar surface area (TPSA) is 48.3 Å². The monoisotopic (exact) mass is 164 g/mol. The van der Waals surface area contributed by atoms with Gasteiger partial charge in [0, 0.05) is 11.9 Å². The Kier molecular flexibility index (Phi) is 1.43. The van der Waals surface area contributed by atoms with Gasteiger partial charge in [0.1, 0.15) is 6.34 Å². The van der Waals surface area contributed by atoms with Gasteiger partial charge in [-0.2, -0.15) is 4.99 Å². The molecular weight excluding hydrogens is 156 g/mol. The van der Waals surface area contributed by atoms with Crippen LogP contribution >= 0.6 is 0 Å². The number of amides is 2. The molecule has 0 aliphatic carbocycles. The first-order valence-electron chi connectivity index (χ1n) is 3.61. The molecule has 0 unspecified atom stereocenters. The molecule has 0 radical (unpaired) electrons. The number of aliphatic imine (C=N–C) groups is 2. The predicted octanol–water partition coefficient (Wildman–Crippen LogP) is 0.613. The summed E-state index contributed by atoms with van der Waals surface area (Å²) in [6.45, 7) is 2.45. The van der Waals surface area contributed by atoms with Gasteiger partial charge in [0.25, 0.3) is 0 Å². The molecular formula is C7H8N4O. The van der Waals surface area contributed by atoms with Crippen molar-refractivity contribution in [3.8, 4) is 0 Å². The van der Waals surface area contributed by atoms with Crippen molar-refractivity contribution >= 4 is 18.1 Å². The van der Waals surface area contributed by atoms with Crippen LogP contribution in [0.15, 0.2) is 22.4 Å². The quantitative estimate of drug-likeness (QED) is 0.526. The molecule has 0 saturated carbocycles. The molecule has 5 heteroatoms. The van der Waals surface area contributed by atoms with Crippen LogP contribution in [0.1, 0.15) is 6.92 Å². The fraction of sp³-hybridized carbons (Fsp3) is 0.286. The summed E-state index contributed by atoms with van der Waals surface area (Å²) < 4.78 is 0. The number of hydrogen-bond acceptors (Lipinski definition) is 3. The van der Waals surface area contributed by atoms with E-state index in [-0.39, 0.29) is 6.03 Å². The number of hydrazine groups is 1. The zero-order valence-electron chi connectivity index (χ0n) is 6.64. The number of rotatable bonds is 0. The Morgan fingerprint density at radius 3 is 3.25 bits per heavy atom. The molecule has 0 saturated heterocycles. The van der Waals surface area contributed by atoms with Gasteiger partial charge in [0.2, 0.25) is 0 Å². The summed E-state index contributed by atoms with van der Waals surface area (Å²) in [7, 11) is 0. The van der Waals surface area contributed by atoms with Crippen LogP contribution in [0.2, 0.25) is 0 Å². The van der Waals surface area contributed by atoms with Gasteiger partial charge in [-0.3, -0.25) is 5.01 Å². The minimum absolute atomic E-state index is 0.263. The Labute approximate surface area is 69.7 Å². The van der Waals surface area contributed by atoms with Crippen LogP contribution in [0.3, 0.4) is 0 Å². The van der Waals surface area contributed by atoms with Crippen LogP contribution in [0.5, 0.6) is 0 Å². The van der Waals surface area contributed by atoms with E-state index >= 15 is 0 Å². The van der Waals surface area contributed by atoms with E-state index in [4.69, 9.17) is 0 Å². The zero-order chi connectivity index (χ0) is 8.55. The van der Waals surface area contributed by atoms with Gasteiger partial charge in [0.05, 0.1) is 12.7 Å². The standard InChI is InChI=1S/C7H8N4O/c1-6-4-10-5-8-2-3-11(10)7(12)9-6/h2-3,5H,4H2,1H3. The van der Waals surface area contributed by atoms with E-state index in [9.17, 15) is 4.79 Å². The molecule has 0 aromatic carbocycles. The first-order valence-corrected chi connectivity index (χ1v) is 3.61. The summed E-state index contributed by atoms with van der Waals surface area (Å²) in [5.74, 6) is 0. The normalized spacial score (nSPS) is 21.1. The average Bonchev–Trinajstić information content (AvgIpc) is 2.04. The molecule has 0 aromatic heterocycles. The van der Waals surface area contributed by atoms with E-state index in [1.54, 1.807) is 23.7 Å². The van der Waals surface area contributed by atoms with Crippen molar-refractivity contribution in [2.75, 3.05) is 6.54 Å². The number of urea groups is 1. The summed E-state index contributed by atoms with van der Waals surface area (Å²) in [6.07, 6.45) is 4.76. The molecule has 12 heavy (non-hydrogen) atoms. The number of carbonyl (C=O) groups excluding carboxylic acids is 1. The van der Waals surface area contributed by atoms with Crippen LogP contribution in [0.4, 0.5) is 4.79 Å². The SMILES string of the molecule is CC1=NC(=O)N2C=CN=CN2C1. The average molecular weight is 164 g/mol. The fourth-order valence-corrected chi connectivity index (χ4v) is 1.13. The number of carbonyl (C=O) groups is 1. The van der Waals surface area contributed by atoms with Gasteiger partial charge in [-0.05, 0) is 6.92 Å². The van der Waals surface area contributed by atoms with Crippen LogP contribution in [0, 0.1) is 0 Å². The van der Waals surface area contributed by atoms with Crippen LogP contribution < -0.4 is 0 Å². The van der Waals surface area contributed by atoms with E-state index in [1.165, 1.54) is 5.01 Å². The molecule has 0 bridgehead atoms. The molecule has 5 nitrogen and oxygen atoms in total. The molecule has 2 amide bonds. The third-order valence-electron chi connectivity index (χ3n) is 1.64. The lowest BCUT2D eigenvalue weighted by Gasteiger charge is -2.33. The van der Waals surface area contributed by atoms with E-state index < -0.39 is 0 Å². The summed E-state index contributed by atoms with van der Waals surface area (Å²) in [6, 6.07) is -0.263. The minimum Gasteiger partial charge on any atom is -0.261 e. The molecule has 0 atom stereocenters. The van der Waals surface area contributed by atoms with Crippen molar-refractivity contribution in [2.24, 2.45) is 9.98 Å². The Morgan fingerprint density at radius 1 is 1.58 bits per heavy atom. The van der Waals surface area contributed by atoms with E-state index in [1.807, 2.05) is 6.92 Å². The van der Waals surface area contributed by atoms with Crippen molar-refractivity contribution in [2.45, 2.75) is 6.92 Å². The molecule has 0 spiro atoms. The number of nitrogens with zero attached hydrogens (tertiary/aromatic N) is 4. The van der Waals surface area contributed by atoms with Gasteiger partial charge in [-0.1, -0.05) is 0 Å². The lowest BCUT2D eigenvalue weighted by atomic mass is 10.4. The highest BCUT2D eigenvalue weighted by Crippen LogP contribution is 2.09. The summed E-state index contributed by atoms with van der Waals surface area (Å²) in [5.41, 5.74) is 0.804. The van der Waals surface area contributed by atoms with Gasteiger partial charge < -0.3 is 0 Å². The lowest BCUT2D eigenvalue weighted by Crippen LogP contribution is -2.48. The van der Waals surface area contributed by atoms with Crippen LogP contribution in [-0.2, 0) is 0 Å². The Morgan fingerprint density at radius 2 is 2.42 bits per heavy atom. The van der Waals surface area contributed by atoms with Crippen LogP contribution in [0.25, 0.3) is 0 Å². The van der Waals surface area contributed by atoms with E-state index in [0.29, 0.717) is 6.54 Å². The highest BCUT2D eigenvalue weighted by molar-refractivity contribution is 5.98. The molecule has 2 aliphatic rings. The molecule has 0 N–H and O–H groups in total. The molecule has 0 aromatic rings. The van der Waals surface area contributed by atoms with Gasteiger partial charge >= 0.3 is 6.03 Å². The van der Waals surface area contributed by atoms with Gasteiger partial charge in [-0.15, -0.1) is 0 Å². The minimum atomic E-state index is -0.263. The van der Waals surface area contributed by atoms with Crippen molar-refractivity contribution in [1.82, 2.24) is 10.0 Å². The number of fused-ring (bicyclic) bond motifs is 1. The van der Waals surface area contributed by atoms with Crippen molar-refractivity contribution < 1.29 is 4.79 Å². The van der Waals surface area contributed by atoms with Crippen LogP contribution in [-0.4, -0.2) is 34.6 Å². The maximum Gasteiger partial charge on any atom is 0.366 e. The van der Waals surface area contributed by atoms with Gasteiger partial charge in [0.15, 0.2) is 0 Å². The largest absolute Gasteiger partial charge is 0.366 e. The highest BCUT2D eigenvalue weighted by Gasteiger charge is 2.23. The second kappa shape index (κ2) is 2.44. The number of hydrogen-bond donors (Lipinski definition) is 0. The third kappa shape index (κ3) is 0.990. The van der Waals surface area contributed by atoms with E-state index in [2.05, 4.69) is 9.98 Å². The molecule has 2 rings (SSSR count). The summed E-state index contributed by atoms with van der Waals surface area (Å²) in [5, 5.41) is 3.14. The highest BCUT2D eigenvalue weighted by atomic mass is 16.2. The van der Waals surface area contributed by atoms with Gasteiger partial charge in [-0.25, -0.2) is 14.8 Å². The maximum atomic E-state index is 11.2. The molecule has 2 heterocycles. The third-order valence-corrected chi connectivity index (χ3v) is 1.64. The fourth-order valence-electron chi connectivity index (χ4n) is 1.13. The lowest BCUT2D eigenvalue weighted by molar-refractivity contribution is 0.139. The molecule has 0 fully saturated rings.